The number of hydrogen-bond acceptors (Lipinski definition) is 2. The maximum Gasteiger partial charge on any atom is 0.0787 e. The minimum absolute atomic E-state index is 0.308. The molecule has 2 heteroatoms. The fourth-order valence-corrected chi connectivity index (χ4v) is 2.12. The molecule has 1 aliphatic heterocycles. The molecule has 0 radical (unpaired) electrons. The zero-order chi connectivity index (χ0) is 10.7. The zero-order valence-corrected chi connectivity index (χ0v) is 9.32. The molecule has 1 N–H and O–H groups in total. The number of hydrogen-bond donors (Lipinski definition) is 1. The lowest BCUT2D eigenvalue weighted by Gasteiger charge is -2.18. The molecule has 0 bridgehead atoms. The summed E-state index contributed by atoms with van der Waals surface area (Å²) in [6.07, 6.45) is 3.08. The van der Waals surface area contributed by atoms with E-state index >= 15 is 0 Å². The first-order chi connectivity index (χ1) is 7.31. The van der Waals surface area contributed by atoms with Gasteiger partial charge in [0.25, 0.3) is 0 Å². The summed E-state index contributed by atoms with van der Waals surface area (Å²) in [6, 6.07) is 8.34. The van der Waals surface area contributed by atoms with E-state index < -0.39 is 0 Å². The Morgan fingerprint density at radius 2 is 1.80 bits per heavy atom. The molecule has 82 valence electrons. The van der Waals surface area contributed by atoms with E-state index in [0.29, 0.717) is 0 Å². The summed E-state index contributed by atoms with van der Waals surface area (Å²) >= 11 is 0. The molecule has 0 aliphatic carbocycles. The molecule has 2 rings (SSSR count). The van der Waals surface area contributed by atoms with Crippen molar-refractivity contribution >= 4 is 5.69 Å². The van der Waals surface area contributed by atoms with E-state index in [-0.39, 0.29) is 6.10 Å². The lowest BCUT2D eigenvalue weighted by Crippen LogP contribution is -2.17. The first-order valence-corrected chi connectivity index (χ1v) is 5.84. The summed E-state index contributed by atoms with van der Waals surface area (Å²) in [6.45, 7) is 4.35. The van der Waals surface area contributed by atoms with Crippen LogP contribution in [0, 0.1) is 0 Å². The molecule has 1 heterocycles. The zero-order valence-electron chi connectivity index (χ0n) is 9.32. The Balaban J connectivity index is 2.09. The highest BCUT2D eigenvalue weighted by Gasteiger charge is 2.12. The second kappa shape index (κ2) is 4.67. The van der Waals surface area contributed by atoms with Crippen molar-refractivity contribution in [1.29, 1.82) is 0 Å². The Hall–Kier alpha value is -1.02. The molecule has 0 amide bonds. The van der Waals surface area contributed by atoms with Crippen molar-refractivity contribution in [1.82, 2.24) is 0 Å². The number of aliphatic hydroxyl groups excluding tert-OH is 1. The van der Waals surface area contributed by atoms with Crippen LogP contribution >= 0.6 is 0 Å². The topological polar surface area (TPSA) is 23.5 Å². The van der Waals surface area contributed by atoms with E-state index in [1.165, 1.54) is 31.6 Å². The Morgan fingerprint density at radius 1 is 1.20 bits per heavy atom. The fraction of sp³-hybridized carbons (Fsp3) is 0.538. The van der Waals surface area contributed by atoms with E-state index in [1.54, 1.807) is 0 Å². The molecule has 0 spiro atoms. The highest BCUT2D eigenvalue weighted by Crippen LogP contribution is 2.23. The van der Waals surface area contributed by atoms with Crippen LogP contribution in [0.15, 0.2) is 24.3 Å². The minimum atomic E-state index is -0.308. The van der Waals surface area contributed by atoms with E-state index in [1.807, 2.05) is 19.1 Å². The average Bonchev–Trinajstić information content (AvgIpc) is 2.82. The molecule has 1 atom stereocenters. The quantitative estimate of drug-likeness (QED) is 0.820. The minimum Gasteiger partial charge on any atom is -0.388 e. The predicted octanol–water partition coefficient (Wildman–Crippen LogP) is 2.73. The molecule has 0 aromatic heterocycles. The second-order valence-electron chi connectivity index (χ2n) is 4.21. The van der Waals surface area contributed by atoms with Gasteiger partial charge in [-0.05, 0) is 37.0 Å². The molecule has 1 fully saturated rings. The monoisotopic (exact) mass is 205 g/mol. The van der Waals surface area contributed by atoms with Crippen molar-refractivity contribution in [2.75, 3.05) is 18.0 Å². The number of anilines is 1. The second-order valence-corrected chi connectivity index (χ2v) is 4.21. The van der Waals surface area contributed by atoms with Gasteiger partial charge >= 0.3 is 0 Å². The van der Waals surface area contributed by atoms with Gasteiger partial charge in [0.05, 0.1) is 6.10 Å². The Morgan fingerprint density at radius 3 is 2.33 bits per heavy atom. The Bertz CT molecular complexity index is 301. The van der Waals surface area contributed by atoms with E-state index in [4.69, 9.17) is 0 Å². The average molecular weight is 205 g/mol. The van der Waals surface area contributed by atoms with Gasteiger partial charge in [-0.15, -0.1) is 0 Å². The van der Waals surface area contributed by atoms with Gasteiger partial charge in [0.2, 0.25) is 0 Å². The van der Waals surface area contributed by atoms with Gasteiger partial charge in [-0.2, -0.15) is 0 Å². The number of rotatable bonds is 3. The summed E-state index contributed by atoms with van der Waals surface area (Å²) < 4.78 is 0. The molecule has 2 nitrogen and oxygen atoms in total. The van der Waals surface area contributed by atoms with Gasteiger partial charge in [-0.1, -0.05) is 19.1 Å². The highest BCUT2D eigenvalue weighted by molar-refractivity contribution is 5.48. The summed E-state index contributed by atoms with van der Waals surface area (Å²) in [4.78, 5) is 2.40. The largest absolute Gasteiger partial charge is 0.388 e. The van der Waals surface area contributed by atoms with Crippen molar-refractivity contribution in [3.05, 3.63) is 29.8 Å². The normalized spacial score (nSPS) is 18.1. The maximum absolute atomic E-state index is 9.67. The van der Waals surface area contributed by atoms with Crippen LogP contribution in [0.4, 0.5) is 5.69 Å². The maximum atomic E-state index is 9.67. The van der Waals surface area contributed by atoms with Crippen molar-refractivity contribution < 1.29 is 5.11 Å². The molecule has 1 saturated heterocycles. The molecule has 0 unspecified atom stereocenters. The Kier molecular flexibility index (Phi) is 3.27. The summed E-state index contributed by atoms with van der Waals surface area (Å²) in [5, 5.41) is 9.67. The standard InChI is InChI=1S/C13H19NO/c1-2-13(15)11-5-7-12(8-6-11)14-9-3-4-10-14/h5-8,13,15H,2-4,9-10H2,1H3/t13-/m1/s1. The van der Waals surface area contributed by atoms with Crippen LogP contribution in [-0.4, -0.2) is 18.2 Å². The van der Waals surface area contributed by atoms with Crippen molar-refractivity contribution in [2.24, 2.45) is 0 Å². The molecule has 0 saturated carbocycles. The molecule has 1 aromatic carbocycles. The lowest BCUT2D eigenvalue weighted by molar-refractivity contribution is 0.173. The van der Waals surface area contributed by atoms with Crippen LogP contribution in [-0.2, 0) is 0 Å². The third-order valence-electron chi connectivity index (χ3n) is 3.14. The van der Waals surface area contributed by atoms with Gasteiger partial charge in [0, 0.05) is 18.8 Å². The van der Waals surface area contributed by atoms with Crippen LogP contribution in [0.5, 0.6) is 0 Å². The van der Waals surface area contributed by atoms with E-state index in [0.717, 1.165) is 12.0 Å². The predicted molar refractivity (Wildman–Crippen MR) is 63.1 cm³/mol. The summed E-state index contributed by atoms with van der Waals surface area (Å²) in [7, 11) is 0. The number of benzene rings is 1. The first kappa shape index (κ1) is 10.5. The molecule has 1 aliphatic rings. The molecule has 15 heavy (non-hydrogen) atoms. The summed E-state index contributed by atoms with van der Waals surface area (Å²) in [5.74, 6) is 0. The Labute approximate surface area is 91.5 Å². The number of aliphatic hydroxyl groups is 1. The van der Waals surface area contributed by atoms with Gasteiger partial charge in [-0.3, -0.25) is 0 Å². The van der Waals surface area contributed by atoms with Gasteiger partial charge < -0.3 is 10.0 Å². The van der Waals surface area contributed by atoms with E-state index in [2.05, 4.69) is 17.0 Å². The lowest BCUT2D eigenvalue weighted by atomic mass is 10.1. The fourth-order valence-electron chi connectivity index (χ4n) is 2.12. The van der Waals surface area contributed by atoms with Crippen molar-refractivity contribution in [2.45, 2.75) is 32.3 Å². The third kappa shape index (κ3) is 2.32. The first-order valence-electron chi connectivity index (χ1n) is 5.84. The van der Waals surface area contributed by atoms with Crippen LogP contribution in [0.25, 0.3) is 0 Å². The van der Waals surface area contributed by atoms with Crippen molar-refractivity contribution in [3.8, 4) is 0 Å². The number of nitrogens with zero attached hydrogens (tertiary/aromatic N) is 1. The van der Waals surface area contributed by atoms with Crippen LogP contribution < -0.4 is 4.90 Å². The SMILES string of the molecule is CC[C@@H](O)c1ccc(N2CCCC2)cc1. The van der Waals surface area contributed by atoms with Crippen molar-refractivity contribution in [3.63, 3.8) is 0 Å². The summed E-state index contributed by atoms with van der Waals surface area (Å²) in [5.41, 5.74) is 2.32. The molecule has 1 aromatic rings. The van der Waals surface area contributed by atoms with E-state index in [9.17, 15) is 5.11 Å². The van der Waals surface area contributed by atoms with Crippen LogP contribution in [0.3, 0.4) is 0 Å². The van der Waals surface area contributed by atoms with Gasteiger partial charge in [-0.25, -0.2) is 0 Å². The highest BCUT2D eigenvalue weighted by atomic mass is 16.3. The smallest absolute Gasteiger partial charge is 0.0787 e. The van der Waals surface area contributed by atoms with Crippen LogP contribution in [0.2, 0.25) is 0 Å². The van der Waals surface area contributed by atoms with Gasteiger partial charge in [0.15, 0.2) is 0 Å². The third-order valence-corrected chi connectivity index (χ3v) is 3.14. The van der Waals surface area contributed by atoms with Crippen LogP contribution in [0.1, 0.15) is 37.9 Å². The molecular formula is C13H19NO. The van der Waals surface area contributed by atoms with Gasteiger partial charge in [0.1, 0.15) is 0 Å². The molecular weight excluding hydrogens is 186 g/mol.